The summed E-state index contributed by atoms with van der Waals surface area (Å²) in [5.41, 5.74) is 1.96. The van der Waals surface area contributed by atoms with Crippen LogP contribution in [-0.2, 0) is 10.0 Å². The zero-order valence-electron chi connectivity index (χ0n) is 13.4. The molecule has 0 amide bonds. The van der Waals surface area contributed by atoms with Gasteiger partial charge in [-0.25, -0.2) is 17.8 Å². The van der Waals surface area contributed by atoms with E-state index in [4.69, 9.17) is 0 Å². The Balaban J connectivity index is 1.76. The topological polar surface area (TPSA) is 71.1 Å². The number of rotatable bonds is 5. The predicted octanol–water partition coefficient (Wildman–Crippen LogP) is 4.07. The Kier molecular flexibility index (Phi) is 4.67. The maximum atomic E-state index is 13.2. The lowest BCUT2D eigenvalue weighted by Crippen LogP contribution is -2.15. The molecule has 0 atom stereocenters. The lowest BCUT2D eigenvalue weighted by Gasteiger charge is -2.11. The second kappa shape index (κ2) is 6.90. The van der Waals surface area contributed by atoms with Crippen molar-refractivity contribution in [3.63, 3.8) is 0 Å². The fourth-order valence-corrected chi connectivity index (χ4v) is 3.56. The van der Waals surface area contributed by atoms with E-state index in [1.165, 1.54) is 25.3 Å². The van der Waals surface area contributed by atoms with E-state index in [-0.39, 0.29) is 10.7 Å². The van der Waals surface area contributed by atoms with Gasteiger partial charge in [-0.15, -0.1) is 0 Å². The smallest absolute Gasteiger partial charge is 0.263 e. The van der Waals surface area contributed by atoms with Gasteiger partial charge in [0.15, 0.2) is 0 Å². The van der Waals surface area contributed by atoms with Crippen LogP contribution in [0.5, 0.6) is 0 Å². The fraction of sp³-hybridized carbons (Fsp3) is 0.0556. The molecule has 2 aromatic carbocycles. The Hall–Kier alpha value is -2.93. The number of aromatic nitrogens is 1. The molecule has 25 heavy (non-hydrogen) atoms. The average molecular weight is 357 g/mol. The first kappa shape index (κ1) is 16.9. The van der Waals surface area contributed by atoms with Crippen LogP contribution < -0.4 is 10.0 Å². The van der Waals surface area contributed by atoms with E-state index in [1.54, 1.807) is 12.1 Å². The Morgan fingerprint density at radius 3 is 2.36 bits per heavy atom. The van der Waals surface area contributed by atoms with Crippen molar-refractivity contribution in [2.24, 2.45) is 0 Å². The molecule has 0 saturated heterocycles. The van der Waals surface area contributed by atoms with Crippen molar-refractivity contribution in [3.05, 3.63) is 78.2 Å². The van der Waals surface area contributed by atoms with Gasteiger partial charge in [0.25, 0.3) is 10.0 Å². The third kappa shape index (κ3) is 4.13. The summed E-state index contributed by atoms with van der Waals surface area (Å²) in [4.78, 5) is 4.12. The summed E-state index contributed by atoms with van der Waals surface area (Å²) in [5.74, 6) is -0.298. The molecule has 0 unspecified atom stereocenters. The molecule has 7 heteroatoms. The number of anilines is 3. The largest absolute Gasteiger partial charge is 0.354 e. The molecule has 128 valence electrons. The van der Waals surface area contributed by atoms with Crippen molar-refractivity contribution in [1.29, 1.82) is 0 Å². The number of hydrogen-bond acceptors (Lipinski definition) is 4. The second-order valence-electron chi connectivity index (χ2n) is 5.44. The van der Waals surface area contributed by atoms with Crippen molar-refractivity contribution in [2.75, 3.05) is 10.0 Å². The minimum absolute atomic E-state index is 0.0159. The highest BCUT2D eigenvalue weighted by Crippen LogP contribution is 2.21. The van der Waals surface area contributed by atoms with Crippen LogP contribution in [0, 0.1) is 12.7 Å². The molecule has 0 aliphatic heterocycles. The number of halogens is 1. The number of nitrogens with zero attached hydrogens (tertiary/aromatic N) is 1. The average Bonchev–Trinajstić information content (AvgIpc) is 2.57. The minimum Gasteiger partial charge on any atom is -0.354 e. The fourth-order valence-electron chi connectivity index (χ4n) is 2.32. The zero-order chi connectivity index (χ0) is 17.9. The van der Waals surface area contributed by atoms with Gasteiger partial charge in [0.05, 0.1) is 16.8 Å². The Bertz CT molecular complexity index is 975. The van der Waals surface area contributed by atoms with Crippen LogP contribution in [0.3, 0.4) is 0 Å². The normalized spacial score (nSPS) is 11.1. The predicted molar refractivity (Wildman–Crippen MR) is 95.9 cm³/mol. The maximum Gasteiger partial charge on any atom is 0.263 e. The summed E-state index contributed by atoms with van der Waals surface area (Å²) < 4.78 is 40.4. The van der Waals surface area contributed by atoms with Gasteiger partial charge in [-0.3, -0.25) is 4.72 Å². The highest BCUT2D eigenvalue weighted by molar-refractivity contribution is 7.92. The highest BCUT2D eigenvalue weighted by atomic mass is 32.2. The van der Waals surface area contributed by atoms with Gasteiger partial charge in [-0.05, 0) is 55.0 Å². The molecule has 0 radical (unpaired) electrons. The molecule has 0 bridgehead atoms. The van der Waals surface area contributed by atoms with Gasteiger partial charge < -0.3 is 5.32 Å². The van der Waals surface area contributed by atoms with Crippen molar-refractivity contribution >= 4 is 27.2 Å². The summed E-state index contributed by atoms with van der Waals surface area (Å²) in [6.07, 6.45) is 1.53. The molecule has 0 aliphatic carbocycles. The quantitative estimate of drug-likeness (QED) is 0.722. The van der Waals surface area contributed by atoms with E-state index in [0.717, 1.165) is 17.4 Å². The molecule has 0 saturated carbocycles. The number of sulfonamides is 1. The lowest BCUT2D eigenvalue weighted by molar-refractivity contribution is 0.598. The van der Waals surface area contributed by atoms with E-state index in [2.05, 4.69) is 15.0 Å². The molecule has 0 fully saturated rings. The van der Waals surface area contributed by atoms with Crippen molar-refractivity contribution < 1.29 is 12.8 Å². The van der Waals surface area contributed by atoms with Crippen LogP contribution >= 0.6 is 0 Å². The molecule has 1 heterocycles. The number of benzene rings is 2. The second-order valence-corrected chi connectivity index (χ2v) is 7.09. The van der Waals surface area contributed by atoms with Crippen LogP contribution in [0.4, 0.5) is 21.6 Å². The first-order valence-corrected chi connectivity index (χ1v) is 8.99. The van der Waals surface area contributed by atoms with E-state index in [1.807, 2.05) is 30.3 Å². The molecule has 5 nitrogen and oxygen atoms in total. The Morgan fingerprint density at radius 1 is 0.960 bits per heavy atom. The van der Waals surface area contributed by atoms with Crippen molar-refractivity contribution in [1.82, 2.24) is 4.98 Å². The number of pyridine rings is 1. The van der Waals surface area contributed by atoms with Gasteiger partial charge >= 0.3 is 0 Å². The third-order valence-corrected chi connectivity index (χ3v) is 5.01. The van der Waals surface area contributed by atoms with Gasteiger partial charge in [0, 0.05) is 5.69 Å². The third-order valence-electron chi connectivity index (χ3n) is 3.49. The van der Waals surface area contributed by atoms with Gasteiger partial charge in [-0.1, -0.05) is 18.2 Å². The van der Waals surface area contributed by atoms with Gasteiger partial charge in [0.1, 0.15) is 11.6 Å². The molecule has 1 aromatic heterocycles. The highest BCUT2D eigenvalue weighted by Gasteiger charge is 2.17. The summed E-state index contributed by atoms with van der Waals surface area (Å²) >= 11 is 0. The van der Waals surface area contributed by atoms with E-state index >= 15 is 0 Å². The minimum atomic E-state index is -3.83. The van der Waals surface area contributed by atoms with Gasteiger partial charge in [0.2, 0.25) is 0 Å². The maximum absolute atomic E-state index is 13.2. The monoisotopic (exact) mass is 357 g/mol. The first-order chi connectivity index (χ1) is 11.9. The molecule has 3 rings (SSSR count). The molecule has 3 aromatic rings. The van der Waals surface area contributed by atoms with E-state index in [9.17, 15) is 12.8 Å². The summed E-state index contributed by atoms with van der Waals surface area (Å²) in [5, 5.41) is 3.16. The Labute approximate surface area is 145 Å². The molecule has 0 aliphatic rings. The number of nitrogens with one attached hydrogen (secondary N) is 2. The van der Waals surface area contributed by atoms with Crippen LogP contribution in [0.15, 0.2) is 71.8 Å². The summed E-state index contributed by atoms with van der Waals surface area (Å²) in [6.45, 7) is 1.54. The molecular formula is C18H16FN3O2S. The Morgan fingerprint density at radius 2 is 1.72 bits per heavy atom. The van der Waals surface area contributed by atoms with Crippen LogP contribution in [0.2, 0.25) is 0 Å². The number of aryl methyl sites for hydroxylation is 1. The van der Waals surface area contributed by atoms with Gasteiger partial charge in [-0.2, -0.15) is 0 Å². The SMILES string of the molecule is Cc1cc(F)ccc1S(=O)(=O)Nc1ccc(Nc2ccccc2)cn1. The van der Waals surface area contributed by atoms with Crippen molar-refractivity contribution in [2.45, 2.75) is 11.8 Å². The van der Waals surface area contributed by atoms with Crippen LogP contribution in [-0.4, -0.2) is 13.4 Å². The van der Waals surface area contributed by atoms with E-state index in [0.29, 0.717) is 5.56 Å². The molecule has 0 spiro atoms. The standard InChI is InChI=1S/C18H16FN3O2S/c1-13-11-14(19)7-9-17(13)25(23,24)22-18-10-8-16(12-20-18)21-15-5-3-2-4-6-15/h2-12,21H,1H3,(H,20,22). The summed E-state index contributed by atoms with van der Waals surface area (Å²) in [6, 6.07) is 16.3. The van der Waals surface area contributed by atoms with Crippen molar-refractivity contribution in [3.8, 4) is 0 Å². The van der Waals surface area contributed by atoms with Crippen LogP contribution in [0.25, 0.3) is 0 Å². The van der Waals surface area contributed by atoms with E-state index < -0.39 is 15.8 Å². The zero-order valence-corrected chi connectivity index (χ0v) is 14.2. The number of para-hydroxylation sites is 1. The lowest BCUT2D eigenvalue weighted by atomic mass is 10.2. The first-order valence-electron chi connectivity index (χ1n) is 7.51. The molecular weight excluding hydrogens is 341 g/mol. The van der Waals surface area contributed by atoms with Crippen LogP contribution in [0.1, 0.15) is 5.56 Å². The summed E-state index contributed by atoms with van der Waals surface area (Å²) in [7, 11) is -3.83. The number of hydrogen-bond donors (Lipinski definition) is 2. The molecule has 2 N–H and O–H groups in total.